The number of nitrogens with two attached hydrogens (primary N) is 1. The smallest absolute Gasteiger partial charge is 0.261 e. The summed E-state index contributed by atoms with van der Waals surface area (Å²) in [5, 5.41) is 27.0. The van der Waals surface area contributed by atoms with Crippen molar-refractivity contribution in [1.29, 1.82) is 0 Å². The predicted octanol–water partition coefficient (Wildman–Crippen LogP) is 3.19. The summed E-state index contributed by atoms with van der Waals surface area (Å²) in [6, 6.07) is 18.9. The van der Waals surface area contributed by atoms with E-state index in [4.69, 9.17) is 5.73 Å². The van der Waals surface area contributed by atoms with Crippen molar-refractivity contribution in [2.75, 3.05) is 23.0 Å². The number of benzene rings is 3. The molecule has 5 rings (SSSR count). The summed E-state index contributed by atoms with van der Waals surface area (Å²) in [6.07, 6.45) is 3.95. The molecule has 0 saturated carbocycles. The molecule has 0 aromatic heterocycles. The highest BCUT2D eigenvalue weighted by Gasteiger charge is 2.48. The molecule has 3 aromatic carbocycles. The minimum atomic E-state index is -1.89. The Balaban J connectivity index is 1.29. The molecule has 0 saturated heterocycles. The van der Waals surface area contributed by atoms with Crippen molar-refractivity contribution in [2.24, 2.45) is 5.92 Å². The van der Waals surface area contributed by atoms with E-state index in [1.807, 2.05) is 24.3 Å². The number of carbonyl (C=O) groups is 3. The molecule has 3 aromatic rings. The molecule has 3 atom stereocenters. The standard InChI is InChI=1S/C31H32N4O5/c1-19(5-4-8-28(37)35-17-22-7-3-2-6-21(22)15-25(35)18-36)31(40)26-16-24(13-14-27(26)34-30(31)39)33-29(38)20-9-11-23(32)12-10-20/h2-7,9-14,16,19,25,36,40H,8,15,17-18,32H2,1H3,(H,33,38)(H,34,39)/b5-4+/t19-,25+,31+/m1/s1. The van der Waals surface area contributed by atoms with Crippen LogP contribution in [0.15, 0.2) is 78.9 Å². The quantitative estimate of drug-likeness (QED) is 0.230. The average Bonchev–Trinajstić information content (AvgIpc) is 3.22. The van der Waals surface area contributed by atoms with Crippen molar-refractivity contribution in [3.8, 4) is 0 Å². The monoisotopic (exact) mass is 540 g/mol. The van der Waals surface area contributed by atoms with Crippen molar-refractivity contribution in [3.05, 3.63) is 101 Å². The maximum atomic E-state index is 13.1. The molecule has 3 amide bonds. The van der Waals surface area contributed by atoms with Gasteiger partial charge in [-0.1, -0.05) is 43.3 Å². The molecule has 0 aliphatic carbocycles. The summed E-state index contributed by atoms with van der Waals surface area (Å²) in [5.74, 6) is -1.76. The van der Waals surface area contributed by atoms with Crippen LogP contribution in [0.5, 0.6) is 0 Å². The maximum absolute atomic E-state index is 13.1. The molecule has 0 spiro atoms. The zero-order valence-electron chi connectivity index (χ0n) is 22.1. The fourth-order valence-electron chi connectivity index (χ4n) is 5.35. The highest BCUT2D eigenvalue weighted by molar-refractivity contribution is 6.07. The van der Waals surface area contributed by atoms with Gasteiger partial charge in [0.15, 0.2) is 5.60 Å². The molecule has 2 aliphatic heterocycles. The molecular formula is C31H32N4O5. The van der Waals surface area contributed by atoms with E-state index in [1.54, 1.807) is 66.4 Å². The number of anilines is 3. The first kappa shape index (κ1) is 27.1. The van der Waals surface area contributed by atoms with Gasteiger partial charge in [-0.2, -0.15) is 0 Å². The highest BCUT2D eigenvalue weighted by Crippen LogP contribution is 2.43. The SMILES string of the molecule is C[C@H](/C=C/CC(=O)N1Cc2ccccc2C[C@H]1CO)[C@@]1(O)C(=O)Nc2ccc(NC(=O)c3ccc(N)cc3)cc21. The van der Waals surface area contributed by atoms with E-state index in [0.29, 0.717) is 41.2 Å². The second kappa shape index (κ2) is 11.0. The van der Waals surface area contributed by atoms with E-state index < -0.39 is 17.4 Å². The second-order valence-electron chi connectivity index (χ2n) is 10.3. The molecule has 0 fully saturated rings. The van der Waals surface area contributed by atoms with Crippen LogP contribution in [0.1, 0.15) is 40.4 Å². The second-order valence-corrected chi connectivity index (χ2v) is 10.3. The van der Waals surface area contributed by atoms with Crippen molar-refractivity contribution in [3.63, 3.8) is 0 Å². The summed E-state index contributed by atoms with van der Waals surface area (Å²) in [5.41, 5.74) is 8.16. The molecule has 9 nitrogen and oxygen atoms in total. The van der Waals surface area contributed by atoms with Crippen molar-refractivity contribution in [1.82, 2.24) is 4.90 Å². The lowest BCUT2D eigenvalue weighted by atomic mass is 9.82. The zero-order valence-corrected chi connectivity index (χ0v) is 22.1. The van der Waals surface area contributed by atoms with Gasteiger partial charge in [-0.05, 0) is 60.0 Å². The van der Waals surface area contributed by atoms with Crippen LogP contribution in [-0.2, 0) is 28.2 Å². The largest absolute Gasteiger partial charge is 0.399 e. The molecule has 2 heterocycles. The van der Waals surface area contributed by atoms with Crippen LogP contribution >= 0.6 is 0 Å². The molecule has 40 heavy (non-hydrogen) atoms. The normalized spacial score (nSPS) is 20.5. The van der Waals surface area contributed by atoms with Gasteiger partial charge in [0.1, 0.15) is 0 Å². The van der Waals surface area contributed by atoms with Gasteiger partial charge < -0.3 is 31.5 Å². The Hall–Kier alpha value is -4.47. The predicted molar refractivity (Wildman–Crippen MR) is 152 cm³/mol. The number of rotatable bonds is 7. The van der Waals surface area contributed by atoms with Gasteiger partial charge in [0.2, 0.25) is 5.91 Å². The van der Waals surface area contributed by atoms with Gasteiger partial charge >= 0.3 is 0 Å². The van der Waals surface area contributed by atoms with Gasteiger partial charge in [0.25, 0.3) is 11.8 Å². The van der Waals surface area contributed by atoms with Crippen LogP contribution < -0.4 is 16.4 Å². The number of hydrogen-bond donors (Lipinski definition) is 5. The first-order chi connectivity index (χ1) is 19.2. The topological polar surface area (TPSA) is 145 Å². The third-order valence-corrected chi connectivity index (χ3v) is 7.72. The number of nitrogen functional groups attached to an aromatic ring is 1. The number of hydrogen-bond acceptors (Lipinski definition) is 6. The number of nitrogens with one attached hydrogen (secondary N) is 2. The average molecular weight is 541 g/mol. The van der Waals surface area contributed by atoms with Crippen LogP contribution in [-0.4, -0.2) is 45.5 Å². The van der Waals surface area contributed by atoms with E-state index in [1.165, 1.54) is 0 Å². The van der Waals surface area contributed by atoms with Crippen LogP contribution in [0, 0.1) is 5.92 Å². The van der Waals surface area contributed by atoms with Gasteiger partial charge in [-0.25, -0.2) is 0 Å². The van der Waals surface area contributed by atoms with Gasteiger partial charge in [0, 0.05) is 47.1 Å². The molecule has 206 valence electrons. The van der Waals surface area contributed by atoms with E-state index in [-0.39, 0.29) is 30.9 Å². The first-order valence-electron chi connectivity index (χ1n) is 13.2. The number of fused-ring (bicyclic) bond motifs is 2. The lowest BCUT2D eigenvalue weighted by molar-refractivity contribution is -0.137. The number of nitrogens with zero attached hydrogens (tertiary/aromatic N) is 1. The van der Waals surface area contributed by atoms with Crippen molar-refractivity contribution >= 4 is 34.8 Å². The molecule has 6 N–H and O–H groups in total. The van der Waals surface area contributed by atoms with E-state index >= 15 is 0 Å². The van der Waals surface area contributed by atoms with Crippen LogP contribution in [0.25, 0.3) is 0 Å². The minimum Gasteiger partial charge on any atom is -0.399 e. The Labute approximate surface area is 232 Å². The number of aliphatic hydroxyl groups is 2. The lowest BCUT2D eigenvalue weighted by Gasteiger charge is -2.36. The molecule has 0 radical (unpaired) electrons. The molecule has 9 heteroatoms. The summed E-state index contributed by atoms with van der Waals surface area (Å²) in [4.78, 5) is 40.4. The zero-order chi connectivity index (χ0) is 28.4. The Bertz CT molecular complexity index is 1490. The van der Waals surface area contributed by atoms with Crippen LogP contribution in [0.4, 0.5) is 17.1 Å². The van der Waals surface area contributed by atoms with Crippen LogP contribution in [0.2, 0.25) is 0 Å². The number of carbonyl (C=O) groups excluding carboxylic acids is 3. The van der Waals surface area contributed by atoms with Crippen molar-refractivity contribution < 1.29 is 24.6 Å². The molecule has 0 unspecified atom stereocenters. The summed E-state index contributed by atoms with van der Waals surface area (Å²) in [6.45, 7) is 1.99. The Morgan fingerprint density at radius 3 is 2.60 bits per heavy atom. The van der Waals surface area contributed by atoms with E-state index in [0.717, 1.165) is 11.1 Å². The molecular weight excluding hydrogens is 508 g/mol. The highest BCUT2D eigenvalue weighted by atomic mass is 16.3. The Kier molecular flexibility index (Phi) is 7.42. The van der Waals surface area contributed by atoms with Gasteiger partial charge in [0.05, 0.1) is 12.6 Å². The lowest BCUT2D eigenvalue weighted by Crippen LogP contribution is -2.46. The fourth-order valence-corrected chi connectivity index (χ4v) is 5.35. The van der Waals surface area contributed by atoms with Crippen molar-refractivity contribution in [2.45, 2.75) is 38.0 Å². The summed E-state index contributed by atoms with van der Waals surface area (Å²) < 4.78 is 0. The number of amides is 3. The molecule has 2 aliphatic rings. The maximum Gasteiger partial charge on any atom is 0.261 e. The first-order valence-corrected chi connectivity index (χ1v) is 13.2. The van der Waals surface area contributed by atoms with Crippen LogP contribution in [0.3, 0.4) is 0 Å². The third kappa shape index (κ3) is 5.09. The van der Waals surface area contributed by atoms with E-state index in [2.05, 4.69) is 10.6 Å². The third-order valence-electron chi connectivity index (χ3n) is 7.72. The summed E-state index contributed by atoms with van der Waals surface area (Å²) >= 11 is 0. The molecule has 0 bridgehead atoms. The fraction of sp³-hybridized carbons (Fsp3) is 0.258. The number of aliphatic hydroxyl groups excluding tert-OH is 1. The van der Waals surface area contributed by atoms with E-state index in [9.17, 15) is 24.6 Å². The summed E-state index contributed by atoms with van der Waals surface area (Å²) in [7, 11) is 0. The van der Waals surface area contributed by atoms with Gasteiger partial charge in [-0.3, -0.25) is 14.4 Å². The van der Waals surface area contributed by atoms with Gasteiger partial charge in [-0.15, -0.1) is 0 Å². The Morgan fingerprint density at radius 2 is 1.88 bits per heavy atom. The Morgan fingerprint density at radius 1 is 1.15 bits per heavy atom. The minimum absolute atomic E-state index is 0.0608.